The lowest BCUT2D eigenvalue weighted by Gasteiger charge is -2.49. The Bertz CT molecular complexity index is 924. The lowest BCUT2D eigenvalue weighted by Crippen LogP contribution is -2.62. The maximum Gasteiger partial charge on any atom is 0.257 e. The van der Waals surface area contributed by atoms with Crippen molar-refractivity contribution in [2.24, 2.45) is 0 Å². The summed E-state index contributed by atoms with van der Waals surface area (Å²) in [7, 11) is 0. The summed E-state index contributed by atoms with van der Waals surface area (Å²) in [5.41, 5.74) is 1.59. The molecule has 1 saturated heterocycles. The lowest BCUT2D eigenvalue weighted by molar-refractivity contribution is 0.0441. The van der Waals surface area contributed by atoms with Crippen LogP contribution in [0.4, 0.5) is 5.69 Å². The first-order valence-corrected chi connectivity index (χ1v) is 11.5. The first kappa shape index (κ1) is 23.9. The zero-order valence-electron chi connectivity index (χ0n) is 19.9. The quantitative estimate of drug-likeness (QED) is 0.648. The molecule has 172 valence electrons. The largest absolute Gasteiger partial charge is 0.336 e. The fourth-order valence-corrected chi connectivity index (χ4v) is 4.86. The molecule has 6 nitrogen and oxygen atoms in total. The number of pyridine rings is 1. The molecule has 0 spiro atoms. The zero-order valence-corrected chi connectivity index (χ0v) is 19.9. The fraction of sp³-hybridized carbons (Fsp3) is 0.500. The summed E-state index contributed by atoms with van der Waals surface area (Å²) in [6.45, 7) is 11.7. The van der Waals surface area contributed by atoms with Gasteiger partial charge in [-0.05, 0) is 77.3 Å². The molecule has 1 fully saturated rings. The fourth-order valence-electron chi connectivity index (χ4n) is 4.86. The number of aromatic nitrogens is 1. The van der Waals surface area contributed by atoms with Crippen molar-refractivity contribution in [1.82, 2.24) is 15.2 Å². The molecule has 2 N–H and O–H groups in total. The van der Waals surface area contributed by atoms with E-state index in [1.165, 1.54) is 6.20 Å². The molecule has 0 saturated carbocycles. The number of nitrogens with zero attached hydrogens (tertiary/aromatic N) is 2. The van der Waals surface area contributed by atoms with Crippen LogP contribution in [0.25, 0.3) is 0 Å². The van der Waals surface area contributed by atoms with Crippen LogP contribution in [0.5, 0.6) is 0 Å². The predicted molar refractivity (Wildman–Crippen MR) is 129 cm³/mol. The molecule has 1 aliphatic rings. The Balaban J connectivity index is 1.82. The first-order chi connectivity index (χ1) is 15.1. The maximum absolute atomic E-state index is 13.7. The normalized spacial score (nSPS) is 17.5. The summed E-state index contributed by atoms with van der Waals surface area (Å²) in [5, 5.41) is 6.59. The number of anilines is 1. The smallest absolute Gasteiger partial charge is 0.257 e. The van der Waals surface area contributed by atoms with Crippen molar-refractivity contribution in [3.63, 3.8) is 0 Å². The highest BCUT2D eigenvalue weighted by molar-refractivity contribution is 6.05. The topological polar surface area (TPSA) is 74.3 Å². The van der Waals surface area contributed by atoms with Gasteiger partial charge in [0, 0.05) is 47.3 Å². The third kappa shape index (κ3) is 6.16. The molecule has 2 amide bonds. The van der Waals surface area contributed by atoms with E-state index < -0.39 is 0 Å². The Morgan fingerprint density at radius 2 is 1.78 bits per heavy atom. The van der Waals surface area contributed by atoms with Crippen LogP contribution in [0.1, 0.15) is 81.0 Å². The van der Waals surface area contributed by atoms with E-state index in [1.807, 2.05) is 12.1 Å². The molecule has 2 aromatic rings. The average Bonchev–Trinajstić information content (AvgIpc) is 2.72. The number of benzene rings is 1. The van der Waals surface area contributed by atoms with E-state index in [0.29, 0.717) is 16.8 Å². The van der Waals surface area contributed by atoms with Gasteiger partial charge in [-0.3, -0.25) is 14.6 Å². The molecular formula is C26H36N4O2. The maximum atomic E-state index is 13.7. The van der Waals surface area contributed by atoms with E-state index in [0.717, 1.165) is 32.2 Å². The Morgan fingerprint density at radius 3 is 2.41 bits per heavy atom. The monoisotopic (exact) mass is 436 g/mol. The van der Waals surface area contributed by atoms with E-state index >= 15 is 0 Å². The van der Waals surface area contributed by atoms with Gasteiger partial charge in [-0.25, -0.2) is 0 Å². The van der Waals surface area contributed by atoms with E-state index in [9.17, 15) is 9.59 Å². The summed E-state index contributed by atoms with van der Waals surface area (Å²) in [5.74, 6) is -0.221. The number of carbonyl (C=O) groups excluding carboxylic acids is 2. The molecular weight excluding hydrogens is 400 g/mol. The molecule has 0 radical (unpaired) electrons. The average molecular weight is 437 g/mol. The molecule has 1 aromatic heterocycles. The van der Waals surface area contributed by atoms with Crippen molar-refractivity contribution in [3.05, 3.63) is 59.9 Å². The lowest BCUT2D eigenvalue weighted by atomic mass is 9.78. The molecule has 6 heteroatoms. The SMILES string of the molecule is CCCCN(C(=O)c1cccc(NC(=O)c2cccnc2)c1)C1CC(C)(C)NC(C)(C)C1. The van der Waals surface area contributed by atoms with Gasteiger partial charge in [-0.2, -0.15) is 0 Å². The minimum Gasteiger partial charge on any atom is -0.336 e. The summed E-state index contributed by atoms with van der Waals surface area (Å²) in [4.78, 5) is 32.2. The molecule has 32 heavy (non-hydrogen) atoms. The molecule has 0 aliphatic carbocycles. The third-order valence-electron chi connectivity index (χ3n) is 5.91. The highest BCUT2D eigenvalue weighted by Gasteiger charge is 2.41. The van der Waals surface area contributed by atoms with Crippen LogP contribution in [-0.2, 0) is 0 Å². The molecule has 0 bridgehead atoms. The minimum absolute atomic E-state index is 0.0226. The summed E-state index contributed by atoms with van der Waals surface area (Å²) < 4.78 is 0. The Kier molecular flexibility index (Phi) is 7.34. The molecule has 3 rings (SSSR count). The second-order valence-electron chi connectivity index (χ2n) is 10.1. The van der Waals surface area contributed by atoms with Crippen LogP contribution in [0.3, 0.4) is 0 Å². The van der Waals surface area contributed by atoms with Crippen molar-refractivity contribution >= 4 is 17.5 Å². The van der Waals surface area contributed by atoms with Crippen molar-refractivity contribution in [2.75, 3.05) is 11.9 Å². The summed E-state index contributed by atoms with van der Waals surface area (Å²) >= 11 is 0. The molecule has 0 unspecified atom stereocenters. The van der Waals surface area contributed by atoms with E-state index in [2.05, 4.69) is 55.1 Å². The van der Waals surface area contributed by atoms with Gasteiger partial charge in [0.2, 0.25) is 0 Å². The van der Waals surface area contributed by atoms with Gasteiger partial charge >= 0.3 is 0 Å². The Hall–Kier alpha value is -2.73. The van der Waals surface area contributed by atoms with Gasteiger partial charge < -0.3 is 15.5 Å². The van der Waals surface area contributed by atoms with Gasteiger partial charge in [0.05, 0.1) is 5.56 Å². The van der Waals surface area contributed by atoms with E-state index in [4.69, 9.17) is 0 Å². The van der Waals surface area contributed by atoms with Crippen LogP contribution < -0.4 is 10.6 Å². The van der Waals surface area contributed by atoms with Gasteiger partial charge in [0.15, 0.2) is 0 Å². The van der Waals surface area contributed by atoms with Gasteiger partial charge in [-0.15, -0.1) is 0 Å². The van der Waals surface area contributed by atoms with Crippen molar-refractivity contribution in [3.8, 4) is 0 Å². The number of nitrogens with one attached hydrogen (secondary N) is 2. The number of carbonyl (C=O) groups is 2. The second kappa shape index (κ2) is 9.82. The molecule has 1 aliphatic heterocycles. The predicted octanol–water partition coefficient (Wildman–Crippen LogP) is 4.89. The number of piperidine rings is 1. The number of rotatable bonds is 7. The van der Waals surface area contributed by atoms with Crippen molar-refractivity contribution in [1.29, 1.82) is 0 Å². The number of unbranched alkanes of at least 4 members (excludes halogenated alkanes) is 1. The standard InChI is InChI=1S/C26H36N4O2/c1-6-7-14-30(22-16-25(2,3)29-26(4,5)17-22)24(32)19-10-8-12-21(15-19)28-23(31)20-11-9-13-27-18-20/h8-13,15,18,22,29H,6-7,14,16-17H2,1-5H3,(H,28,31). The van der Waals surface area contributed by atoms with Crippen LogP contribution in [-0.4, -0.2) is 45.4 Å². The molecule has 0 atom stereocenters. The van der Waals surface area contributed by atoms with E-state index in [-0.39, 0.29) is 28.9 Å². The molecule has 2 heterocycles. The summed E-state index contributed by atoms with van der Waals surface area (Å²) in [6.07, 6.45) is 6.96. The van der Waals surface area contributed by atoms with Crippen LogP contribution >= 0.6 is 0 Å². The first-order valence-electron chi connectivity index (χ1n) is 11.5. The number of amides is 2. The Morgan fingerprint density at radius 1 is 1.09 bits per heavy atom. The van der Waals surface area contributed by atoms with Gasteiger partial charge in [0.1, 0.15) is 0 Å². The van der Waals surface area contributed by atoms with E-state index in [1.54, 1.807) is 30.5 Å². The Labute approximate surface area is 191 Å². The number of hydrogen-bond acceptors (Lipinski definition) is 4. The van der Waals surface area contributed by atoms with Crippen LogP contribution in [0, 0.1) is 0 Å². The van der Waals surface area contributed by atoms with Gasteiger partial charge in [-0.1, -0.05) is 19.4 Å². The van der Waals surface area contributed by atoms with Crippen molar-refractivity contribution in [2.45, 2.75) is 77.4 Å². The summed E-state index contributed by atoms with van der Waals surface area (Å²) in [6, 6.07) is 10.8. The highest BCUT2D eigenvalue weighted by Crippen LogP contribution is 2.32. The second-order valence-corrected chi connectivity index (χ2v) is 10.1. The van der Waals surface area contributed by atoms with Gasteiger partial charge in [0.25, 0.3) is 11.8 Å². The number of hydrogen-bond donors (Lipinski definition) is 2. The highest BCUT2D eigenvalue weighted by atomic mass is 16.2. The molecule has 1 aromatic carbocycles. The minimum atomic E-state index is -0.243. The van der Waals surface area contributed by atoms with Crippen LogP contribution in [0.15, 0.2) is 48.8 Å². The van der Waals surface area contributed by atoms with Crippen molar-refractivity contribution < 1.29 is 9.59 Å². The zero-order chi connectivity index (χ0) is 23.4. The van der Waals surface area contributed by atoms with Crippen LogP contribution in [0.2, 0.25) is 0 Å². The third-order valence-corrected chi connectivity index (χ3v) is 5.91.